The lowest BCUT2D eigenvalue weighted by Gasteiger charge is -2.30. The van der Waals surface area contributed by atoms with E-state index in [-0.39, 0.29) is 28.6 Å². The van der Waals surface area contributed by atoms with Gasteiger partial charge in [-0.05, 0) is 37.8 Å². The summed E-state index contributed by atoms with van der Waals surface area (Å²) in [6.45, 7) is 1.76. The predicted molar refractivity (Wildman–Crippen MR) is 105 cm³/mol. The molecule has 29 heavy (non-hydrogen) atoms. The Morgan fingerprint density at radius 3 is 2.55 bits per heavy atom. The smallest absolute Gasteiger partial charge is 0.292 e. The Balaban J connectivity index is 1.46. The van der Waals surface area contributed by atoms with Crippen LogP contribution in [0.4, 0.5) is 0 Å². The van der Waals surface area contributed by atoms with Crippen LogP contribution in [0.25, 0.3) is 0 Å². The van der Waals surface area contributed by atoms with E-state index in [0.29, 0.717) is 44.7 Å². The van der Waals surface area contributed by atoms with Gasteiger partial charge in [-0.25, -0.2) is 8.42 Å². The molecule has 9 heteroatoms. The molecule has 8 nitrogen and oxygen atoms in total. The van der Waals surface area contributed by atoms with Crippen LogP contribution >= 0.6 is 0 Å². The van der Waals surface area contributed by atoms with Crippen molar-refractivity contribution in [3.8, 4) is 0 Å². The predicted octanol–water partition coefficient (Wildman–Crippen LogP) is 1.84. The van der Waals surface area contributed by atoms with Crippen molar-refractivity contribution in [3.05, 3.63) is 47.9 Å². The van der Waals surface area contributed by atoms with Gasteiger partial charge in [-0.3, -0.25) is 4.79 Å². The molecule has 0 radical (unpaired) electrons. The molecule has 2 aliphatic heterocycles. The average molecular weight is 420 g/mol. The van der Waals surface area contributed by atoms with Gasteiger partial charge in [-0.15, -0.1) is 0 Å². The van der Waals surface area contributed by atoms with E-state index < -0.39 is 10.0 Å². The van der Waals surface area contributed by atoms with E-state index in [0.717, 1.165) is 12.8 Å². The molecule has 1 aromatic carbocycles. The van der Waals surface area contributed by atoms with Crippen molar-refractivity contribution < 1.29 is 22.8 Å². The number of hydrogen-bond acceptors (Lipinski definition) is 6. The highest BCUT2D eigenvalue weighted by molar-refractivity contribution is 7.89. The Kier molecular flexibility index (Phi) is 5.71. The number of sulfonamides is 1. The van der Waals surface area contributed by atoms with Gasteiger partial charge in [0.15, 0.2) is 0 Å². The second-order valence-electron chi connectivity index (χ2n) is 7.65. The minimum atomic E-state index is -3.56. The second kappa shape index (κ2) is 8.25. The first kappa shape index (κ1) is 20.1. The molecule has 0 bridgehead atoms. The quantitative estimate of drug-likeness (QED) is 0.811. The fraction of sp³-hybridized carbons (Fsp3) is 0.500. The maximum absolute atomic E-state index is 12.9. The number of aliphatic hydroxyl groups is 1. The first-order valence-corrected chi connectivity index (χ1v) is 11.4. The van der Waals surface area contributed by atoms with Crippen molar-refractivity contribution >= 4 is 15.9 Å². The Morgan fingerprint density at radius 2 is 1.83 bits per heavy atom. The summed E-state index contributed by atoms with van der Waals surface area (Å²) in [5.41, 5.74) is 0.610. The Hall–Kier alpha value is -2.23. The zero-order valence-electron chi connectivity index (χ0n) is 16.1. The molecule has 1 amide bonds. The topological polar surface area (TPSA) is 104 Å². The van der Waals surface area contributed by atoms with Crippen molar-refractivity contribution in [2.45, 2.75) is 42.6 Å². The molecule has 4 rings (SSSR count). The van der Waals surface area contributed by atoms with Gasteiger partial charge in [-0.2, -0.15) is 4.31 Å². The van der Waals surface area contributed by atoms with E-state index in [1.807, 2.05) is 0 Å². The first-order chi connectivity index (χ1) is 13.9. The van der Waals surface area contributed by atoms with E-state index in [1.54, 1.807) is 41.3 Å². The number of rotatable bonds is 4. The summed E-state index contributed by atoms with van der Waals surface area (Å²) in [5.74, 6) is -0.185. The summed E-state index contributed by atoms with van der Waals surface area (Å²) in [5, 5.41) is 13.7. The third-order valence-corrected chi connectivity index (χ3v) is 7.55. The average Bonchev–Trinajstić information content (AvgIpc) is 3.25. The fourth-order valence-corrected chi connectivity index (χ4v) is 5.50. The molecular weight excluding hydrogens is 394 g/mol. The number of amides is 1. The van der Waals surface area contributed by atoms with Crippen LogP contribution in [0.5, 0.6) is 0 Å². The summed E-state index contributed by atoms with van der Waals surface area (Å²) in [6, 6.07) is 10.0. The van der Waals surface area contributed by atoms with Crippen LogP contribution in [0.2, 0.25) is 0 Å². The lowest BCUT2D eigenvalue weighted by Crippen LogP contribution is -2.40. The van der Waals surface area contributed by atoms with E-state index in [9.17, 15) is 18.3 Å². The van der Waals surface area contributed by atoms with Crippen molar-refractivity contribution in [2.75, 3.05) is 26.2 Å². The number of nitrogens with zero attached hydrogens (tertiary/aromatic N) is 3. The maximum Gasteiger partial charge on any atom is 0.292 e. The van der Waals surface area contributed by atoms with Gasteiger partial charge in [0.2, 0.25) is 15.8 Å². The highest BCUT2D eigenvalue weighted by atomic mass is 32.2. The second-order valence-corrected chi connectivity index (χ2v) is 9.59. The minimum absolute atomic E-state index is 0.115. The highest BCUT2D eigenvalue weighted by Gasteiger charge is 2.33. The molecule has 2 saturated heterocycles. The van der Waals surface area contributed by atoms with Crippen LogP contribution in [-0.2, 0) is 10.0 Å². The number of hydrogen-bond donors (Lipinski definition) is 1. The van der Waals surface area contributed by atoms with Crippen LogP contribution in [-0.4, -0.2) is 66.1 Å². The van der Waals surface area contributed by atoms with Crippen molar-refractivity contribution in [3.63, 3.8) is 0 Å². The lowest BCUT2D eigenvalue weighted by atomic mass is 9.96. The number of carbonyl (C=O) groups excluding carboxylic acids is 1. The molecule has 1 unspecified atom stereocenters. The maximum atomic E-state index is 12.9. The Labute approximate surface area is 170 Å². The van der Waals surface area contributed by atoms with Crippen molar-refractivity contribution in [2.24, 2.45) is 0 Å². The SMILES string of the molecule is O=C(c1cc(C2CCCN(S(=O)(=O)c3ccccc3)C2)no1)N1CCC(O)CC1. The number of aromatic nitrogens is 1. The van der Waals surface area contributed by atoms with Gasteiger partial charge in [0.05, 0.1) is 16.7 Å². The summed E-state index contributed by atoms with van der Waals surface area (Å²) < 4.78 is 32.6. The Morgan fingerprint density at radius 1 is 1.10 bits per heavy atom. The van der Waals surface area contributed by atoms with Gasteiger partial charge in [0.1, 0.15) is 0 Å². The number of likely N-dealkylation sites (tertiary alicyclic amines) is 1. The van der Waals surface area contributed by atoms with Crippen molar-refractivity contribution in [1.82, 2.24) is 14.4 Å². The van der Waals surface area contributed by atoms with Crippen LogP contribution in [0.1, 0.15) is 47.8 Å². The number of carbonyl (C=O) groups is 1. The van der Waals surface area contributed by atoms with Gasteiger partial charge >= 0.3 is 0 Å². The molecule has 0 aliphatic carbocycles. The van der Waals surface area contributed by atoms with E-state index >= 15 is 0 Å². The summed E-state index contributed by atoms with van der Waals surface area (Å²) in [7, 11) is -3.56. The van der Waals surface area contributed by atoms with Gasteiger partial charge in [0.25, 0.3) is 5.91 Å². The summed E-state index contributed by atoms with van der Waals surface area (Å²) in [4.78, 5) is 14.6. The van der Waals surface area contributed by atoms with Crippen LogP contribution in [0, 0.1) is 0 Å². The standard InChI is InChI=1S/C20H25N3O5S/c24-16-8-11-22(12-9-16)20(25)19-13-18(21-28-19)15-5-4-10-23(14-15)29(26,27)17-6-2-1-3-7-17/h1-3,6-7,13,15-16,24H,4-5,8-12,14H2. The Bertz CT molecular complexity index is 952. The molecule has 3 heterocycles. The van der Waals surface area contributed by atoms with E-state index in [4.69, 9.17) is 4.52 Å². The third-order valence-electron chi connectivity index (χ3n) is 5.67. The van der Waals surface area contributed by atoms with Gasteiger partial charge < -0.3 is 14.5 Å². The molecule has 1 N–H and O–H groups in total. The van der Waals surface area contributed by atoms with E-state index in [1.165, 1.54) is 4.31 Å². The number of aliphatic hydroxyl groups excluding tert-OH is 1. The largest absolute Gasteiger partial charge is 0.393 e. The first-order valence-electron chi connectivity index (χ1n) is 9.94. The minimum Gasteiger partial charge on any atom is -0.393 e. The van der Waals surface area contributed by atoms with Crippen LogP contribution in [0.3, 0.4) is 0 Å². The molecule has 1 aromatic heterocycles. The van der Waals surface area contributed by atoms with Crippen LogP contribution < -0.4 is 0 Å². The van der Waals surface area contributed by atoms with Crippen LogP contribution in [0.15, 0.2) is 45.8 Å². The molecule has 2 aliphatic rings. The molecule has 2 aromatic rings. The monoisotopic (exact) mass is 419 g/mol. The lowest BCUT2D eigenvalue weighted by molar-refractivity contribution is 0.0512. The molecular formula is C20H25N3O5S. The molecule has 0 saturated carbocycles. The van der Waals surface area contributed by atoms with Gasteiger partial charge in [-0.1, -0.05) is 23.4 Å². The van der Waals surface area contributed by atoms with Gasteiger partial charge in [0, 0.05) is 38.2 Å². The molecule has 156 valence electrons. The zero-order chi connectivity index (χ0) is 20.4. The molecule has 2 fully saturated rings. The van der Waals surface area contributed by atoms with E-state index in [2.05, 4.69) is 5.16 Å². The number of benzene rings is 1. The summed E-state index contributed by atoms with van der Waals surface area (Å²) >= 11 is 0. The van der Waals surface area contributed by atoms with Crippen molar-refractivity contribution in [1.29, 1.82) is 0 Å². The highest BCUT2D eigenvalue weighted by Crippen LogP contribution is 2.30. The third kappa shape index (κ3) is 4.22. The molecule has 0 spiro atoms. The fourth-order valence-electron chi connectivity index (χ4n) is 3.95. The zero-order valence-corrected chi connectivity index (χ0v) is 16.9. The molecule has 1 atom stereocenters. The summed E-state index contributed by atoms with van der Waals surface area (Å²) in [6.07, 6.45) is 2.26. The normalized spacial score (nSPS) is 22.0. The number of piperidine rings is 2.